The van der Waals surface area contributed by atoms with Crippen LogP contribution in [0.3, 0.4) is 0 Å². The summed E-state index contributed by atoms with van der Waals surface area (Å²) in [7, 11) is 0. The Morgan fingerprint density at radius 2 is 2.00 bits per heavy atom. The molecule has 0 aromatic rings. The van der Waals surface area contributed by atoms with Crippen molar-refractivity contribution in [3.63, 3.8) is 0 Å². The Morgan fingerprint density at radius 3 is 2.57 bits per heavy atom. The number of rotatable bonds is 8. The Kier molecular flexibility index (Phi) is 8.64. The van der Waals surface area contributed by atoms with Crippen LogP contribution in [0.25, 0.3) is 0 Å². The van der Waals surface area contributed by atoms with Gasteiger partial charge in [0.05, 0.1) is 0 Å². The van der Waals surface area contributed by atoms with Gasteiger partial charge in [-0.1, -0.05) is 27.2 Å². The third kappa shape index (κ3) is 9.52. The second-order valence-electron chi connectivity index (χ2n) is 4.05. The van der Waals surface area contributed by atoms with E-state index in [0.29, 0.717) is 12.3 Å². The van der Waals surface area contributed by atoms with Crippen LogP contribution in [0.5, 0.6) is 0 Å². The molecular weight excluding hydrogens is 176 g/mol. The number of unbranched alkanes of at least 4 members (excludes halogenated alkanes) is 1. The molecule has 0 unspecified atom stereocenters. The standard InChI is InChI=1S/C11H24N2O/c1-4-5-7-13-11(14)6-8-12-9-10(2)3/h10,12H,4-9H2,1-3H3,(H,13,14). The van der Waals surface area contributed by atoms with Gasteiger partial charge in [-0.25, -0.2) is 0 Å². The van der Waals surface area contributed by atoms with E-state index in [1.54, 1.807) is 0 Å². The summed E-state index contributed by atoms with van der Waals surface area (Å²) in [5.41, 5.74) is 0. The van der Waals surface area contributed by atoms with Gasteiger partial charge in [-0.15, -0.1) is 0 Å². The molecule has 3 nitrogen and oxygen atoms in total. The summed E-state index contributed by atoms with van der Waals surface area (Å²) in [6.07, 6.45) is 2.80. The Labute approximate surface area is 87.6 Å². The van der Waals surface area contributed by atoms with Gasteiger partial charge in [0, 0.05) is 19.5 Å². The number of amides is 1. The van der Waals surface area contributed by atoms with E-state index in [1.807, 2.05) is 0 Å². The Hall–Kier alpha value is -0.570. The fraction of sp³-hybridized carbons (Fsp3) is 0.909. The van der Waals surface area contributed by atoms with Crippen LogP contribution in [-0.2, 0) is 4.79 Å². The van der Waals surface area contributed by atoms with Gasteiger partial charge in [-0.2, -0.15) is 0 Å². The van der Waals surface area contributed by atoms with E-state index in [4.69, 9.17) is 0 Å². The van der Waals surface area contributed by atoms with E-state index in [1.165, 1.54) is 0 Å². The highest BCUT2D eigenvalue weighted by Gasteiger charge is 1.99. The second kappa shape index (κ2) is 9.00. The lowest BCUT2D eigenvalue weighted by atomic mass is 10.2. The maximum atomic E-state index is 11.2. The van der Waals surface area contributed by atoms with Crippen LogP contribution in [0.1, 0.15) is 40.0 Å². The Morgan fingerprint density at radius 1 is 1.29 bits per heavy atom. The minimum atomic E-state index is 0.162. The average molecular weight is 200 g/mol. The van der Waals surface area contributed by atoms with Gasteiger partial charge in [0.25, 0.3) is 0 Å². The van der Waals surface area contributed by atoms with E-state index in [0.717, 1.165) is 32.5 Å². The fourth-order valence-electron chi connectivity index (χ4n) is 1.09. The third-order valence-corrected chi connectivity index (χ3v) is 1.93. The lowest BCUT2D eigenvalue weighted by Crippen LogP contribution is -2.29. The maximum absolute atomic E-state index is 11.2. The van der Waals surface area contributed by atoms with Crippen LogP contribution in [0, 0.1) is 5.92 Å². The first kappa shape index (κ1) is 13.4. The number of carbonyl (C=O) groups excluding carboxylic acids is 1. The molecule has 2 N–H and O–H groups in total. The van der Waals surface area contributed by atoms with Gasteiger partial charge >= 0.3 is 0 Å². The van der Waals surface area contributed by atoms with Crippen molar-refractivity contribution in [2.75, 3.05) is 19.6 Å². The molecule has 0 aliphatic carbocycles. The summed E-state index contributed by atoms with van der Waals surface area (Å²) in [5, 5.41) is 6.14. The van der Waals surface area contributed by atoms with E-state index >= 15 is 0 Å². The molecule has 0 radical (unpaired) electrons. The Balaban J connectivity index is 3.18. The van der Waals surface area contributed by atoms with Crippen molar-refractivity contribution in [2.45, 2.75) is 40.0 Å². The topological polar surface area (TPSA) is 41.1 Å². The van der Waals surface area contributed by atoms with Crippen molar-refractivity contribution >= 4 is 5.91 Å². The lowest BCUT2D eigenvalue weighted by molar-refractivity contribution is -0.121. The molecule has 0 saturated carbocycles. The summed E-state index contributed by atoms with van der Waals surface area (Å²) < 4.78 is 0. The number of hydrogen-bond acceptors (Lipinski definition) is 2. The van der Waals surface area contributed by atoms with Crippen LogP contribution >= 0.6 is 0 Å². The van der Waals surface area contributed by atoms with E-state index in [9.17, 15) is 4.79 Å². The summed E-state index contributed by atoms with van der Waals surface area (Å²) in [5.74, 6) is 0.813. The van der Waals surface area contributed by atoms with Gasteiger partial charge in [0.15, 0.2) is 0 Å². The molecule has 1 amide bonds. The summed E-state index contributed by atoms with van der Waals surface area (Å²) >= 11 is 0. The van der Waals surface area contributed by atoms with E-state index in [2.05, 4.69) is 31.4 Å². The zero-order chi connectivity index (χ0) is 10.8. The summed E-state index contributed by atoms with van der Waals surface area (Å²) in [4.78, 5) is 11.2. The maximum Gasteiger partial charge on any atom is 0.221 e. The normalized spacial score (nSPS) is 10.6. The quantitative estimate of drug-likeness (QED) is 0.584. The van der Waals surface area contributed by atoms with Crippen molar-refractivity contribution < 1.29 is 4.79 Å². The molecule has 0 spiro atoms. The average Bonchev–Trinajstić information content (AvgIpc) is 2.13. The molecule has 3 heteroatoms. The smallest absolute Gasteiger partial charge is 0.221 e. The molecule has 0 rings (SSSR count). The van der Waals surface area contributed by atoms with Crippen molar-refractivity contribution in [1.82, 2.24) is 10.6 Å². The monoisotopic (exact) mass is 200 g/mol. The molecule has 84 valence electrons. The van der Waals surface area contributed by atoms with Crippen molar-refractivity contribution in [2.24, 2.45) is 5.92 Å². The SMILES string of the molecule is CCCCNC(=O)CCNCC(C)C. The van der Waals surface area contributed by atoms with Crippen molar-refractivity contribution in [3.8, 4) is 0 Å². The molecule has 0 aliphatic heterocycles. The Bertz CT molecular complexity index is 146. The predicted octanol–water partition coefficient (Wildman–Crippen LogP) is 1.54. The highest BCUT2D eigenvalue weighted by atomic mass is 16.1. The van der Waals surface area contributed by atoms with Crippen LogP contribution in [-0.4, -0.2) is 25.5 Å². The van der Waals surface area contributed by atoms with Crippen molar-refractivity contribution in [3.05, 3.63) is 0 Å². The van der Waals surface area contributed by atoms with Gasteiger partial charge in [-0.3, -0.25) is 4.79 Å². The molecule has 14 heavy (non-hydrogen) atoms. The van der Waals surface area contributed by atoms with Crippen LogP contribution in [0.15, 0.2) is 0 Å². The first-order chi connectivity index (χ1) is 6.66. The van der Waals surface area contributed by atoms with Gasteiger partial charge in [-0.05, 0) is 18.9 Å². The minimum absolute atomic E-state index is 0.162. The zero-order valence-corrected chi connectivity index (χ0v) is 9.73. The van der Waals surface area contributed by atoms with Gasteiger partial charge in [0.2, 0.25) is 5.91 Å². The predicted molar refractivity (Wildman–Crippen MR) is 60.2 cm³/mol. The lowest BCUT2D eigenvalue weighted by Gasteiger charge is -2.07. The first-order valence-electron chi connectivity index (χ1n) is 5.64. The van der Waals surface area contributed by atoms with Crippen LogP contribution in [0.4, 0.5) is 0 Å². The minimum Gasteiger partial charge on any atom is -0.356 e. The van der Waals surface area contributed by atoms with Gasteiger partial charge in [0.1, 0.15) is 0 Å². The van der Waals surface area contributed by atoms with E-state index in [-0.39, 0.29) is 5.91 Å². The first-order valence-corrected chi connectivity index (χ1v) is 5.64. The summed E-state index contributed by atoms with van der Waals surface area (Å²) in [6, 6.07) is 0. The highest BCUT2D eigenvalue weighted by Crippen LogP contribution is 1.88. The third-order valence-electron chi connectivity index (χ3n) is 1.93. The molecule has 0 aliphatic rings. The van der Waals surface area contributed by atoms with Crippen molar-refractivity contribution in [1.29, 1.82) is 0 Å². The fourth-order valence-corrected chi connectivity index (χ4v) is 1.09. The zero-order valence-electron chi connectivity index (χ0n) is 9.73. The molecule has 0 bridgehead atoms. The summed E-state index contributed by atoms with van der Waals surface area (Å²) in [6.45, 7) is 9.04. The number of carbonyl (C=O) groups is 1. The van der Waals surface area contributed by atoms with Crippen LogP contribution in [0.2, 0.25) is 0 Å². The highest BCUT2D eigenvalue weighted by molar-refractivity contribution is 5.75. The molecular formula is C11H24N2O. The van der Waals surface area contributed by atoms with Crippen LogP contribution < -0.4 is 10.6 Å². The number of nitrogens with one attached hydrogen (secondary N) is 2. The molecule has 0 saturated heterocycles. The number of hydrogen-bond donors (Lipinski definition) is 2. The van der Waals surface area contributed by atoms with E-state index < -0.39 is 0 Å². The molecule has 0 atom stereocenters. The second-order valence-corrected chi connectivity index (χ2v) is 4.05. The molecule has 0 heterocycles. The molecule has 0 fully saturated rings. The van der Waals surface area contributed by atoms with Gasteiger partial charge < -0.3 is 10.6 Å². The molecule has 0 aromatic carbocycles. The molecule has 0 aromatic heterocycles. The largest absolute Gasteiger partial charge is 0.356 e.